The Hall–Kier alpha value is -3.00. The number of nitrogens with zero attached hydrogens (tertiary/aromatic N) is 1. The number of hydrogen-bond donors (Lipinski definition) is 0. The molecule has 0 spiro atoms. The fraction of sp³-hybridized carbons (Fsp3) is 0.0476. The summed E-state index contributed by atoms with van der Waals surface area (Å²) in [6.07, 6.45) is 2.10. The van der Waals surface area contributed by atoms with Gasteiger partial charge in [-0.3, -0.25) is 0 Å². The van der Waals surface area contributed by atoms with Crippen LogP contribution in [0.15, 0.2) is 85.1 Å². The SMILES string of the molecule is Cc1cccc(Oc2ccccc2)c1-n1ccc2ccccc21. The van der Waals surface area contributed by atoms with Gasteiger partial charge in [-0.25, -0.2) is 0 Å². The summed E-state index contributed by atoms with van der Waals surface area (Å²) < 4.78 is 8.34. The van der Waals surface area contributed by atoms with Gasteiger partial charge in [0.05, 0.1) is 11.2 Å². The maximum Gasteiger partial charge on any atom is 0.151 e. The molecule has 0 aliphatic rings. The molecule has 0 bridgehead atoms. The highest BCUT2D eigenvalue weighted by Gasteiger charge is 2.12. The average molecular weight is 299 g/mol. The van der Waals surface area contributed by atoms with Crippen molar-refractivity contribution in [1.29, 1.82) is 0 Å². The van der Waals surface area contributed by atoms with Crippen molar-refractivity contribution in [3.63, 3.8) is 0 Å². The van der Waals surface area contributed by atoms with Crippen LogP contribution in [0, 0.1) is 6.92 Å². The molecule has 0 saturated heterocycles. The molecule has 2 nitrogen and oxygen atoms in total. The molecular formula is C21H17NO. The maximum atomic E-state index is 6.14. The van der Waals surface area contributed by atoms with Crippen LogP contribution in [0.4, 0.5) is 0 Å². The number of rotatable bonds is 3. The predicted molar refractivity (Wildman–Crippen MR) is 94.5 cm³/mol. The highest BCUT2D eigenvalue weighted by molar-refractivity contribution is 5.82. The van der Waals surface area contributed by atoms with Crippen LogP contribution in [0.25, 0.3) is 16.6 Å². The van der Waals surface area contributed by atoms with Crippen LogP contribution in [0.3, 0.4) is 0 Å². The highest BCUT2D eigenvalue weighted by Crippen LogP contribution is 2.33. The monoisotopic (exact) mass is 299 g/mol. The van der Waals surface area contributed by atoms with Gasteiger partial charge in [0.15, 0.2) is 5.75 Å². The van der Waals surface area contributed by atoms with E-state index < -0.39 is 0 Å². The largest absolute Gasteiger partial charge is 0.455 e. The molecule has 0 N–H and O–H groups in total. The highest BCUT2D eigenvalue weighted by atomic mass is 16.5. The van der Waals surface area contributed by atoms with Crippen molar-refractivity contribution in [3.05, 3.63) is 90.6 Å². The smallest absolute Gasteiger partial charge is 0.151 e. The van der Waals surface area contributed by atoms with Crippen molar-refractivity contribution in [2.75, 3.05) is 0 Å². The second kappa shape index (κ2) is 5.65. The Morgan fingerprint density at radius 1 is 0.739 bits per heavy atom. The normalized spacial score (nSPS) is 10.8. The first kappa shape index (κ1) is 13.6. The number of aromatic nitrogens is 1. The molecule has 112 valence electrons. The molecule has 0 saturated carbocycles. The summed E-state index contributed by atoms with van der Waals surface area (Å²) in [6.45, 7) is 2.11. The van der Waals surface area contributed by atoms with Gasteiger partial charge in [-0.2, -0.15) is 0 Å². The van der Waals surface area contributed by atoms with Gasteiger partial charge in [-0.1, -0.05) is 48.5 Å². The van der Waals surface area contributed by atoms with E-state index in [9.17, 15) is 0 Å². The number of hydrogen-bond acceptors (Lipinski definition) is 1. The molecule has 0 fully saturated rings. The standard InChI is InChI=1S/C21H17NO/c1-16-8-7-13-20(23-18-10-3-2-4-11-18)21(16)22-15-14-17-9-5-6-12-19(17)22/h2-15H,1H3. The molecule has 4 rings (SSSR count). The summed E-state index contributed by atoms with van der Waals surface area (Å²) in [5, 5.41) is 1.22. The minimum atomic E-state index is 0.843. The van der Waals surface area contributed by atoms with Crippen molar-refractivity contribution in [2.45, 2.75) is 6.92 Å². The van der Waals surface area contributed by atoms with E-state index in [2.05, 4.69) is 54.1 Å². The van der Waals surface area contributed by atoms with Gasteiger partial charge in [0.25, 0.3) is 0 Å². The fourth-order valence-corrected chi connectivity index (χ4v) is 2.92. The van der Waals surface area contributed by atoms with Crippen molar-refractivity contribution < 1.29 is 4.74 Å². The average Bonchev–Trinajstić information content (AvgIpc) is 3.00. The molecule has 1 aromatic heterocycles. The van der Waals surface area contributed by atoms with Crippen molar-refractivity contribution in [2.24, 2.45) is 0 Å². The molecule has 2 heteroatoms. The zero-order chi connectivity index (χ0) is 15.6. The molecule has 0 radical (unpaired) electrons. The molecule has 0 aliphatic carbocycles. The molecule has 23 heavy (non-hydrogen) atoms. The lowest BCUT2D eigenvalue weighted by Gasteiger charge is -2.15. The topological polar surface area (TPSA) is 14.2 Å². The lowest BCUT2D eigenvalue weighted by molar-refractivity contribution is 0.480. The number of para-hydroxylation sites is 3. The van der Waals surface area contributed by atoms with Gasteiger partial charge in [-0.05, 0) is 48.2 Å². The Bertz CT molecular complexity index is 954. The first-order valence-corrected chi connectivity index (χ1v) is 7.72. The van der Waals surface area contributed by atoms with Gasteiger partial charge >= 0.3 is 0 Å². The Kier molecular flexibility index (Phi) is 3.35. The third-order valence-electron chi connectivity index (χ3n) is 4.01. The van der Waals surface area contributed by atoms with E-state index in [-0.39, 0.29) is 0 Å². The third kappa shape index (κ3) is 2.49. The minimum Gasteiger partial charge on any atom is -0.455 e. The Labute approximate surface area is 135 Å². The molecule has 0 amide bonds. The molecule has 0 aliphatic heterocycles. The Balaban J connectivity index is 1.88. The van der Waals surface area contributed by atoms with Crippen LogP contribution in [0.2, 0.25) is 0 Å². The summed E-state index contributed by atoms with van der Waals surface area (Å²) in [7, 11) is 0. The lowest BCUT2D eigenvalue weighted by atomic mass is 10.1. The molecule has 0 unspecified atom stereocenters. The van der Waals surface area contributed by atoms with Crippen LogP contribution < -0.4 is 4.74 Å². The van der Waals surface area contributed by atoms with E-state index in [0.717, 1.165) is 17.2 Å². The van der Waals surface area contributed by atoms with E-state index in [0.29, 0.717) is 0 Å². The van der Waals surface area contributed by atoms with Gasteiger partial charge < -0.3 is 9.30 Å². The van der Waals surface area contributed by atoms with Crippen molar-refractivity contribution >= 4 is 10.9 Å². The summed E-state index contributed by atoms with van der Waals surface area (Å²) in [6, 6.07) is 26.6. The Morgan fingerprint density at radius 2 is 1.52 bits per heavy atom. The number of ether oxygens (including phenoxy) is 1. The summed E-state index contributed by atoms with van der Waals surface area (Å²) in [4.78, 5) is 0. The lowest BCUT2D eigenvalue weighted by Crippen LogP contribution is -1.99. The third-order valence-corrected chi connectivity index (χ3v) is 4.01. The van der Waals surface area contributed by atoms with E-state index in [1.165, 1.54) is 16.5 Å². The second-order valence-electron chi connectivity index (χ2n) is 5.58. The quantitative estimate of drug-likeness (QED) is 0.471. The van der Waals surface area contributed by atoms with E-state index in [4.69, 9.17) is 4.74 Å². The van der Waals surface area contributed by atoms with Gasteiger partial charge in [0.1, 0.15) is 5.75 Å². The fourth-order valence-electron chi connectivity index (χ4n) is 2.92. The number of benzene rings is 3. The Morgan fingerprint density at radius 3 is 2.39 bits per heavy atom. The van der Waals surface area contributed by atoms with E-state index >= 15 is 0 Å². The first-order chi connectivity index (χ1) is 11.3. The maximum absolute atomic E-state index is 6.14. The van der Waals surface area contributed by atoms with E-state index in [1.54, 1.807) is 0 Å². The van der Waals surface area contributed by atoms with Crippen LogP contribution in [0.5, 0.6) is 11.5 Å². The first-order valence-electron chi connectivity index (χ1n) is 7.72. The summed E-state index contributed by atoms with van der Waals surface area (Å²) in [5.41, 5.74) is 3.44. The minimum absolute atomic E-state index is 0.843. The molecule has 1 heterocycles. The van der Waals surface area contributed by atoms with Crippen molar-refractivity contribution in [1.82, 2.24) is 4.57 Å². The van der Waals surface area contributed by atoms with E-state index in [1.807, 2.05) is 42.5 Å². The van der Waals surface area contributed by atoms with Crippen LogP contribution in [-0.2, 0) is 0 Å². The molecular weight excluding hydrogens is 282 g/mol. The predicted octanol–water partition coefficient (Wildman–Crippen LogP) is 5.73. The van der Waals surface area contributed by atoms with Gasteiger partial charge in [-0.15, -0.1) is 0 Å². The van der Waals surface area contributed by atoms with Crippen LogP contribution in [0.1, 0.15) is 5.56 Å². The zero-order valence-electron chi connectivity index (χ0n) is 12.9. The summed E-state index contributed by atoms with van der Waals surface area (Å²) >= 11 is 0. The van der Waals surface area contributed by atoms with Crippen molar-refractivity contribution in [3.8, 4) is 17.2 Å². The molecule has 4 aromatic rings. The molecule has 0 atom stereocenters. The molecule has 3 aromatic carbocycles. The number of fused-ring (bicyclic) bond motifs is 1. The van der Waals surface area contributed by atoms with Gasteiger partial charge in [0, 0.05) is 6.20 Å². The van der Waals surface area contributed by atoms with Gasteiger partial charge in [0.2, 0.25) is 0 Å². The summed E-state index contributed by atoms with van der Waals surface area (Å²) in [5.74, 6) is 1.70. The van der Waals surface area contributed by atoms with Crippen LogP contribution >= 0.6 is 0 Å². The number of aryl methyl sites for hydroxylation is 1. The zero-order valence-corrected chi connectivity index (χ0v) is 12.9. The van der Waals surface area contributed by atoms with Crippen LogP contribution in [-0.4, -0.2) is 4.57 Å². The second-order valence-corrected chi connectivity index (χ2v) is 5.58.